The molecular formula is C23H15FN2O4S. The topological polar surface area (TPSA) is 80.9 Å². The summed E-state index contributed by atoms with van der Waals surface area (Å²) in [6.07, 6.45) is 2.40. The molecule has 1 aliphatic heterocycles. The van der Waals surface area contributed by atoms with Crippen molar-refractivity contribution in [1.82, 2.24) is 5.43 Å². The molecule has 1 amide bonds. The van der Waals surface area contributed by atoms with Crippen LogP contribution in [0.5, 0.6) is 5.75 Å². The Balaban J connectivity index is 1.37. The molecule has 2 aromatic carbocycles. The number of nitrogens with zero attached hydrogens (tertiary/aromatic N) is 1. The Morgan fingerprint density at radius 3 is 2.97 bits per heavy atom. The van der Waals surface area contributed by atoms with Gasteiger partial charge in [-0.3, -0.25) is 9.59 Å². The van der Waals surface area contributed by atoms with E-state index in [9.17, 15) is 14.0 Å². The van der Waals surface area contributed by atoms with Crippen LogP contribution in [0.4, 0.5) is 4.39 Å². The highest BCUT2D eigenvalue weighted by Crippen LogP contribution is 2.42. The fourth-order valence-electron chi connectivity index (χ4n) is 3.40. The van der Waals surface area contributed by atoms with E-state index in [1.54, 1.807) is 6.07 Å². The van der Waals surface area contributed by atoms with Gasteiger partial charge in [-0.25, -0.2) is 9.82 Å². The Kier molecular flexibility index (Phi) is 4.63. The zero-order valence-electron chi connectivity index (χ0n) is 16.3. The van der Waals surface area contributed by atoms with Gasteiger partial charge < -0.3 is 9.15 Å². The lowest BCUT2D eigenvalue weighted by Crippen LogP contribution is -2.17. The number of benzene rings is 2. The van der Waals surface area contributed by atoms with Crippen LogP contribution in [0, 0.1) is 12.7 Å². The average molecular weight is 434 g/mol. The maximum Gasteiger partial charge on any atom is 0.281 e. The number of aryl methyl sites for hydroxylation is 1. The summed E-state index contributed by atoms with van der Waals surface area (Å²) in [5, 5.41) is 3.98. The average Bonchev–Trinajstić information content (AvgIpc) is 3.21. The quantitative estimate of drug-likeness (QED) is 0.377. The van der Waals surface area contributed by atoms with Crippen molar-refractivity contribution in [3.05, 3.63) is 86.3 Å². The number of ether oxygens (including phenoxy) is 1. The van der Waals surface area contributed by atoms with E-state index >= 15 is 0 Å². The molecule has 0 fully saturated rings. The molecule has 6 nitrogen and oxygen atoms in total. The van der Waals surface area contributed by atoms with E-state index in [1.807, 2.05) is 25.1 Å². The van der Waals surface area contributed by atoms with E-state index in [0.717, 1.165) is 33.4 Å². The molecule has 1 N–H and O–H groups in total. The number of nitrogens with one attached hydrogen (secondary N) is 1. The van der Waals surface area contributed by atoms with Gasteiger partial charge in [0.05, 0.1) is 22.0 Å². The number of hydrogen-bond acceptors (Lipinski definition) is 6. The first-order valence-electron chi connectivity index (χ1n) is 9.40. The Morgan fingerprint density at radius 2 is 2.10 bits per heavy atom. The Bertz CT molecular complexity index is 1440. The van der Waals surface area contributed by atoms with Crippen molar-refractivity contribution in [2.75, 3.05) is 0 Å². The molecule has 1 aliphatic rings. The van der Waals surface area contributed by atoms with Gasteiger partial charge in [-0.1, -0.05) is 11.6 Å². The summed E-state index contributed by atoms with van der Waals surface area (Å²) in [7, 11) is 0. The molecule has 0 spiro atoms. The molecule has 0 saturated carbocycles. The van der Waals surface area contributed by atoms with Crippen LogP contribution in [-0.4, -0.2) is 12.1 Å². The minimum absolute atomic E-state index is 0.0988. The van der Waals surface area contributed by atoms with Gasteiger partial charge in [0.1, 0.15) is 30.0 Å². The molecule has 0 aliphatic carbocycles. The van der Waals surface area contributed by atoms with Crippen molar-refractivity contribution in [3.63, 3.8) is 0 Å². The van der Waals surface area contributed by atoms with E-state index in [1.165, 1.54) is 35.9 Å². The lowest BCUT2D eigenvalue weighted by atomic mass is 10.0. The predicted octanol–water partition coefficient (Wildman–Crippen LogP) is 4.63. The van der Waals surface area contributed by atoms with Crippen molar-refractivity contribution >= 4 is 34.4 Å². The zero-order valence-corrected chi connectivity index (χ0v) is 17.1. The third-order valence-electron chi connectivity index (χ3n) is 4.93. The lowest BCUT2D eigenvalue weighted by molar-refractivity contribution is 0.0959. The molecule has 4 aromatic rings. The number of fused-ring (bicyclic) bond motifs is 4. The van der Waals surface area contributed by atoms with Crippen molar-refractivity contribution in [3.8, 4) is 16.2 Å². The normalized spacial score (nSPS) is 12.5. The van der Waals surface area contributed by atoms with Crippen LogP contribution >= 0.6 is 11.3 Å². The highest BCUT2D eigenvalue weighted by Gasteiger charge is 2.22. The molecule has 3 heterocycles. The van der Waals surface area contributed by atoms with Gasteiger partial charge in [0.2, 0.25) is 5.43 Å². The summed E-state index contributed by atoms with van der Waals surface area (Å²) in [5.74, 6) is -0.143. The standard InChI is InChI=1S/C23H15FN2O4S/c1-12-2-4-19-17(6-12)22-13(10-29-19)7-20(31-22)23(28)26-25-9-14-11-30-18-5-3-15(24)8-16(18)21(14)27/h2-9,11H,10H2,1H3,(H,26,28)/b25-9+. The highest BCUT2D eigenvalue weighted by atomic mass is 32.1. The lowest BCUT2D eigenvalue weighted by Gasteiger charge is -2.17. The number of hydrazone groups is 1. The molecule has 5 rings (SSSR count). The van der Waals surface area contributed by atoms with Crippen molar-refractivity contribution in [2.24, 2.45) is 5.10 Å². The van der Waals surface area contributed by atoms with Crippen LogP contribution in [0.1, 0.15) is 26.4 Å². The van der Waals surface area contributed by atoms with Gasteiger partial charge in [-0.05, 0) is 43.3 Å². The monoisotopic (exact) mass is 434 g/mol. The van der Waals surface area contributed by atoms with Gasteiger partial charge in [-0.2, -0.15) is 5.10 Å². The number of carbonyl (C=O) groups excluding carboxylic acids is 1. The summed E-state index contributed by atoms with van der Waals surface area (Å²) in [6, 6.07) is 11.4. The van der Waals surface area contributed by atoms with Crippen LogP contribution < -0.4 is 15.6 Å². The first kappa shape index (κ1) is 19.2. The van der Waals surface area contributed by atoms with Gasteiger partial charge in [0.25, 0.3) is 5.91 Å². The van der Waals surface area contributed by atoms with Crippen molar-refractivity contribution in [2.45, 2.75) is 13.5 Å². The van der Waals surface area contributed by atoms with Crippen LogP contribution in [0.3, 0.4) is 0 Å². The number of halogens is 1. The predicted molar refractivity (Wildman–Crippen MR) is 116 cm³/mol. The number of carbonyl (C=O) groups is 1. The molecule has 0 atom stereocenters. The highest BCUT2D eigenvalue weighted by molar-refractivity contribution is 7.17. The van der Waals surface area contributed by atoms with Gasteiger partial charge >= 0.3 is 0 Å². The Hall–Kier alpha value is -3.78. The third kappa shape index (κ3) is 3.51. The van der Waals surface area contributed by atoms with Gasteiger partial charge in [0, 0.05) is 16.0 Å². The summed E-state index contributed by atoms with van der Waals surface area (Å²) in [6.45, 7) is 2.40. The zero-order chi connectivity index (χ0) is 21.5. The maximum atomic E-state index is 13.4. The Labute approximate surface area is 179 Å². The molecule has 31 heavy (non-hydrogen) atoms. The number of amides is 1. The van der Waals surface area contributed by atoms with E-state index in [4.69, 9.17) is 9.15 Å². The molecule has 2 aromatic heterocycles. The fourth-order valence-corrected chi connectivity index (χ4v) is 4.48. The van der Waals surface area contributed by atoms with Crippen molar-refractivity contribution in [1.29, 1.82) is 0 Å². The minimum atomic E-state index is -0.537. The third-order valence-corrected chi connectivity index (χ3v) is 6.14. The minimum Gasteiger partial charge on any atom is -0.488 e. The summed E-state index contributed by atoms with van der Waals surface area (Å²) >= 11 is 1.36. The smallest absolute Gasteiger partial charge is 0.281 e. The SMILES string of the molecule is Cc1ccc2c(c1)-c1sc(C(=O)N/N=C/c3coc4ccc(F)cc4c3=O)cc1CO2. The van der Waals surface area contributed by atoms with Crippen molar-refractivity contribution < 1.29 is 18.3 Å². The van der Waals surface area contributed by atoms with E-state index in [-0.39, 0.29) is 16.5 Å². The van der Waals surface area contributed by atoms with Crippen LogP contribution in [-0.2, 0) is 6.61 Å². The summed E-state index contributed by atoms with van der Waals surface area (Å²) in [4.78, 5) is 26.5. The second-order valence-electron chi connectivity index (χ2n) is 7.11. The molecule has 0 unspecified atom stereocenters. The van der Waals surface area contributed by atoms with Gasteiger partial charge in [-0.15, -0.1) is 11.3 Å². The molecule has 0 saturated heterocycles. The van der Waals surface area contributed by atoms with E-state index in [0.29, 0.717) is 11.5 Å². The molecule has 8 heteroatoms. The van der Waals surface area contributed by atoms with E-state index < -0.39 is 17.2 Å². The second kappa shape index (κ2) is 7.48. The first-order chi connectivity index (χ1) is 15.0. The first-order valence-corrected chi connectivity index (χ1v) is 10.2. The molecule has 0 radical (unpaired) electrons. The summed E-state index contributed by atoms with van der Waals surface area (Å²) in [5.41, 5.74) is 5.37. The fraction of sp³-hybridized carbons (Fsp3) is 0.0870. The largest absolute Gasteiger partial charge is 0.488 e. The number of hydrogen-bond donors (Lipinski definition) is 1. The molecule has 0 bridgehead atoms. The van der Waals surface area contributed by atoms with Crippen LogP contribution in [0.2, 0.25) is 0 Å². The number of rotatable bonds is 3. The summed E-state index contributed by atoms with van der Waals surface area (Å²) < 4.78 is 24.5. The van der Waals surface area contributed by atoms with E-state index in [2.05, 4.69) is 10.5 Å². The molecular weight excluding hydrogens is 419 g/mol. The van der Waals surface area contributed by atoms with Crippen LogP contribution in [0.15, 0.2) is 63.0 Å². The van der Waals surface area contributed by atoms with Crippen LogP contribution in [0.25, 0.3) is 21.4 Å². The maximum absolute atomic E-state index is 13.4. The second-order valence-corrected chi connectivity index (χ2v) is 8.17. The number of thiophene rings is 1. The Morgan fingerprint density at radius 1 is 1.23 bits per heavy atom. The molecule has 154 valence electrons. The van der Waals surface area contributed by atoms with Gasteiger partial charge in [0.15, 0.2) is 0 Å².